The Kier molecular flexibility index (Phi) is 28.1. The van der Waals surface area contributed by atoms with Gasteiger partial charge >= 0.3 is 17.4 Å². The minimum Gasteiger partial charge on any atom is -0.857 e. The molecule has 0 aliphatic heterocycles. The molecule has 8 heteroatoms. The van der Waals surface area contributed by atoms with Crippen molar-refractivity contribution in [2.24, 2.45) is 0 Å². The molecule has 0 N–H and O–H groups in total. The van der Waals surface area contributed by atoms with Gasteiger partial charge in [-0.25, -0.2) is 0 Å². The van der Waals surface area contributed by atoms with Gasteiger partial charge in [0.25, 0.3) is 0 Å². The average Bonchev–Trinajstić information content (AvgIpc) is 2.30. The van der Waals surface area contributed by atoms with Crippen molar-refractivity contribution in [2.75, 3.05) is 7.11 Å². The van der Waals surface area contributed by atoms with Crippen molar-refractivity contribution in [3.05, 3.63) is 0 Å². The minimum absolute atomic E-state index is 0. The Labute approximate surface area is 135 Å². The summed E-state index contributed by atoms with van der Waals surface area (Å²) in [5.41, 5.74) is 0. The number of ketones is 2. The SMILES string of the molecule is CCCC(=O)CC(=O)[O-].CCCC(=O)CC(=O)[O-].C[O-].[Al+3]. The van der Waals surface area contributed by atoms with Gasteiger partial charge in [-0.15, -0.1) is 0 Å². The number of Topliss-reactive ketones (excluding diaryl/α,β-unsaturated/α-hetero) is 2. The van der Waals surface area contributed by atoms with E-state index in [-0.39, 0.29) is 28.9 Å². The summed E-state index contributed by atoms with van der Waals surface area (Å²) in [7, 11) is 0.750. The third kappa shape index (κ3) is 32.4. The Balaban J connectivity index is -0.000000118. The smallest absolute Gasteiger partial charge is 0.857 e. The molecule has 0 aromatic carbocycles. The molecule has 0 aromatic heterocycles. The van der Waals surface area contributed by atoms with Crippen LogP contribution in [0, 0.1) is 0 Å². The molecule has 0 saturated heterocycles. The summed E-state index contributed by atoms with van der Waals surface area (Å²) in [6, 6.07) is 0. The Bertz CT molecular complexity index is 273. The van der Waals surface area contributed by atoms with Crippen molar-refractivity contribution < 1.29 is 34.5 Å². The summed E-state index contributed by atoms with van der Waals surface area (Å²) in [4.78, 5) is 40.4. The van der Waals surface area contributed by atoms with Crippen LogP contribution >= 0.6 is 0 Å². The number of carboxylic acid groups (broad SMARTS) is 2. The third-order valence-corrected chi connectivity index (χ3v) is 1.74. The fourth-order valence-corrected chi connectivity index (χ4v) is 1.06. The van der Waals surface area contributed by atoms with E-state index in [0.29, 0.717) is 25.7 Å². The largest absolute Gasteiger partial charge is 3.00 e. The molecule has 0 aliphatic carbocycles. The molecule has 0 heterocycles. The van der Waals surface area contributed by atoms with Gasteiger partial charge in [0.15, 0.2) is 0 Å². The van der Waals surface area contributed by atoms with E-state index in [2.05, 4.69) is 0 Å². The molecule has 0 bridgehead atoms. The normalized spacial score (nSPS) is 8.00. The van der Waals surface area contributed by atoms with Crippen LogP contribution in [0.2, 0.25) is 0 Å². The van der Waals surface area contributed by atoms with Crippen molar-refractivity contribution in [3.63, 3.8) is 0 Å². The predicted molar refractivity (Wildman–Crippen MR) is 70.8 cm³/mol. The number of aliphatic carboxylic acids is 2. The zero-order valence-corrected chi connectivity index (χ0v) is 13.8. The van der Waals surface area contributed by atoms with Gasteiger partial charge in [-0.05, 0) is 12.8 Å². The first-order valence-corrected chi connectivity index (χ1v) is 6.17. The zero-order valence-electron chi connectivity index (χ0n) is 12.7. The van der Waals surface area contributed by atoms with E-state index >= 15 is 0 Å². The summed E-state index contributed by atoms with van der Waals surface area (Å²) in [5.74, 6) is -3.07. The number of carbonyl (C=O) groups excluding carboxylic acids is 4. The monoisotopic (exact) mass is 316 g/mol. The van der Waals surface area contributed by atoms with E-state index in [4.69, 9.17) is 5.11 Å². The molecule has 0 rings (SSSR count). The van der Waals surface area contributed by atoms with Crippen LogP contribution in [0.25, 0.3) is 0 Å². The Morgan fingerprint density at radius 1 is 0.714 bits per heavy atom. The summed E-state index contributed by atoms with van der Waals surface area (Å²) in [6.45, 7) is 3.65. The molecule has 0 saturated carbocycles. The van der Waals surface area contributed by atoms with Crippen LogP contribution in [-0.4, -0.2) is 48.0 Å². The molecule has 0 fully saturated rings. The molecule has 21 heavy (non-hydrogen) atoms. The number of hydrogen-bond donors (Lipinski definition) is 0. The van der Waals surface area contributed by atoms with Gasteiger partial charge in [-0.1, -0.05) is 13.8 Å². The molecule has 0 aromatic rings. The van der Waals surface area contributed by atoms with Gasteiger partial charge in [0.05, 0.1) is 0 Å². The Hall–Kier alpha value is -1.23. The van der Waals surface area contributed by atoms with E-state index in [1.54, 1.807) is 0 Å². The van der Waals surface area contributed by atoms with Crippen LogP contribution in [0.3, 0.4) is 0 Å². The second kappa shape index (κ2) is 21.1. The van der Waals surface area contributed by atoms with Crippen LogP contribution < -0.4 is 15.3 Å². The van der Waals surface area contributed by atoms with E-state index in [1.807, 2.05) is 13.8 Å². The van der Waals surface area contributed by atoms with E-state index in [1.165, 1.54) is 0 Å². The summed E-state index contributed by atoms with van der Waals surface area (Å²) < 4.78 is 0. The molecule has 0 aliphatic rings. The van der Waals surface area contributed by atoms with Gasteiger partial charge in [-0.2, -0.15) is 7.11 Å². The quantitative estimate of drug-likeness (QED) is 0.359. The Morgan fingerprint density at radius 2 is 0.952 bits per heavy atom. The zero-order chi connectivity index (χ0) is 16.6. The fraction of sp³-hybridized carbons (Fsp3) is 0.692. The van der Waals surface area contributed by atoms with Crippen LogP contribution in [0.4, 0.5) is 0 Å². The van der Waals surface area contributed by atoms with Crippen molar-refractivity contribution in [1.82, 2.24) is 0 Å². The Morgan fingerprint density at radius 3 is 1.10 bits per heavy atom. The van der Waals surface area contributed by atoms with E-state index in [9.17, 15) is 29.4 Å². The number of carbonyl (C=O) groups is 4. The maximum atomic E-state index is 10.4. The van der Waals surface area contributed by atoms with Gasteiger partial charge in [0, 0.05) is 37.6 Å². The van der Waals surface area contributed by atoms with Gasteiger partial charge < -0.3 is 24.9 Å². The van der Waals surface area contributed by atoms with E-state index in [0.717, 1.165) is 7.11 Å². The molecular weight excluding hydrogens is 295 g/mol. The van der Waals surface area contributed by atoms with Gasteiger partial charge in [0.1, 0.15) is 11.6 Å². The van der Waals surface area contributed by atoms with Crippen LogP contribution in [0.5, 0.6) is 0 Å². The summed E-state index contributed by atoms with van der Waals surface area (Å²) in [5, 5.41) is 27.8. The van der Waals surface area contributed by atoms with Crippen molar-refractivity contribution in [1.29, 1.82) is 0 Å². The van der Waals surface area contributed by atoms with Crippen molar-refractivity contribution >= 4 is 40.9 Å². The first-order valence-electron chi connectivity index (χ1n) is 6.17. The molecule has 7 nitrogen and oxygen atoms in total. The molecule has 0 amide bonds. The third-order valence-electron chi connectivity index (χ3n) is 1.74. The molecule has 118 valence electrons. The van der Waals surface area contributed by atoms with Crippen LogP contribution in [0.15, 0.2) is 0 Å². The molecular formula is C13H21AlO7. The molecule has 0 atom stereocenters. The predicted octanol–water partition coefficient (Wildman–Crippen LogP) is -2.41. The van der Waals surface area contributed by atoms with Gasteiger partial charge in [-0.3, -0.25) is 9.59 Å². The maximum Gasteiger partial charge on any atom is 3.00 e. The second-order valence-corrected chi connectivity index (χ2v) is 3.67. The minimum atomic E-state index is -1.28. The van der Waals surface area contributed by atoms with Gasteiger partial charge in [0.2, 0.25) is 0 Å². The molecule has 0 unspecified atom stereocenters. The van der Waals surface area contributed by atoms with Crippen LogP contribution in [-0.2, 0) is 19.2 Å². The topological polar surface area (TPSA) is 137 Å². The summed E-state index contributed by atoms with van der Waals surface area (Å²) in [6.07, 6.45) is 1.21. The first-order chi connectivity index (χ1) is 9.33. The molecule has 0 spiro atoms. The van der Waals surface area contributed by atoms with E-state index < -0.39 is 24.8 Å². The van der Waals surface area contributed by atoms with Crippen molar-refractivity contribution in [3.8, 4) is 0 Å². The van der Waals surface area contributed by atoms with Crippen LogP contribution in [0.1, 0.15) is 52.4 Å². The number of carboxylic acids is 2. The standard InChI is InChI=1S/2C6H10O3.CH3O.Al/c2*1-2-3-5(7)4-6(8)9;1-2;/h2*2-4H2,1H3,(H,8,9);1H3;/q;;-1;+3/p-2. The molecule has 0 radical (unpaired) electrons. The maximum absolute atomic E-state index is 10.4. The first kappa shape index (κ1) is 28.0. The fourth-order valence-electron chi connectivity index (χ4n) is 1.06. The van der Waals surface area contributed by atoms with Crippen molar-refractivity contribution in [2.45, 2.75) is 52.4 Å². The number of hydrogen-bond acceptors (Lipinski definition) is 7. The average molecular weight is 316 g/mol. The second-order valence-electron chi connectivity index (χ2n) is 3.67. The number of rotatable bonds is 8. The summed E-state index contributed by atoms with van der Waals surface area (Å²) >= 11 is 0.